The quantitative estimate of drug-likeness (QED) is 0.0169. The molecular weight excluding hydrogens is 1330 g/mol. The van der Waals surface area contributed by atoms with Gasteiger partial charge in [0.25, 0.3) is 0 Å². The molecule has 3 unspecified atom stereocenters. The van der Waals surface area contributed by atoms with Crippen molar-refractivity contribution in [2.24, 2.45) is 11.8 Å². The van der Waals surface area contributed by atoms with Crippen molar-refractivity contribution in [1.29, 1.82) is 0 Å². The summed E-state index contributed by atoms with van der Waals surface area (Å²) in [7, 11) is -9.93. The van der Waals surface area contributed by atoms with Crippen molar-refractivity contribution in [2.45, 2.75) is 432 Å². The van der Waals surface area contributed by atoms with Crippen LogP contribution in [0.1, 0.15) is 414 Å². The second kappa shape index (κ2) is 74.0. The fourth-order valence-corrected chi connectivity index (χ4v) is 13.9. The molecule has 0 saturated heterocycles. The van der Waals surface area contributed by atoms with Gasteiger partial charge in [-0.3, -0.25) is 37.3 Å². The number of unbranched alkanes of at least 4 members (excludes halogenated alkanes) is 46. The molecule has 102 heavy (non-hydrogen) atoms. The van der Waals surface area contributed by atoms with Crippen LogP contribution in [0, 0.1) is 11.8 Å². The highest BCUT2D eigenvalue weighted by Gasteiger charge is 2.30. The molecule has 3 N–H and O–H groups in total. The van der Waals surface area contributed by atoms with E-state index in [0.29, 0.717) is 25.7 Å². The molecule has 0 aliphatic heterocycles. The van der Waals surface area contributed by atoms with E-state index in [0.717, 1.165) is 115 Å². The average Bonchev–Trinajstić information content (AvgIpc) is 0.910. The monoisotopic (exact) mass is 1490 g/mol. The Labute approximate surface area is 624 Å². The smallest absolute Gasteiger partial charge is 0.462 e. The highest BCUT2D eigenvalue weighted by atomic mass is 31.2. The van der Waals surface area contributed by atoms with Crippen LogP contribution in [0.25, 0.3) is 0 Å². The Hall–Kier alpha value is -2.46. The molecule has 0 spiro atoms. The van der Waals surface area contributed by atoms with E-state index in [-0.39, 0.29) is 25.7 Å². The normalized spacial score (nSPS) is 14.3. The number of allylic oxidation sites excluding steroid dienone is 4. The van der Waals surface area contributed by atoms with E-state index in [9.17, 15) is 43.2 Å². The number of hydrogen-bond acceptors (Lipinski definition) is 15. The molecule has 0 amide bonds. The van der Waals surface area contributed by atoms with Crippen LogP contribution in [0.4, 0.5) is 0 Å². The van der Waals surface area contributed by atoms with Crippen LogP contribution in [-0.2, 0) is 65.4 Å². The Bertz CT molecular complexity index is 2060. The molecule has 0 bridgehead atoms. The topological polar surface area (TPSA) is 237 Å². The molecule has 0 aliphatic carbocycles. The van der Waals surface area contributed by atoms with Crippen molar-refractivity contribution in [2.75, 3.05) is 39.6 Å². The standard InChI is InChI=1S/C83H158O17P2/c1-7-10-12-14-16-18-20-21-24-32-37-43-49-55-61-67-82(87)99-78(71-93-80(85)65-59-53-47-41-19-17-15-13-11-8-2)73-97-101(89,90)95-69-77(84)70-96-102(91,92)98-74-79(72-94-81(86)66-60-54-48-42-36-31-28-27-30-35-40-46-52-58-64-76(6)9-3)100-83(88)68-62-56-50-44-38-33-26-23-22-25-29-34-39-45-51-57-63-75(4)5/h18,20-21,24,75-79,84H,7-17,19,22-23,25-74H2,1-6H3,(H,89,90)(H,91,92)/b20-18-,24-21-/t76?,77-,78+,79+/m0/s1. The van der Waals surface area contributed by atoms with Crippen LogP contribution in [0.2, 0.25) is 0 Å². The maximum atomic E-state index is 13.1. The zero-order chi connectivity index (χ0) is 74.9. The van der Waals surface area contributed by atoms with Gasteiger partial charge in [-0.25, -0.2) is 9.13 Å². The van der Waals surface area contributed by atoms with Gasteiger partial charge in [0, 0.05) is 25.7 Å². The maximum Gasteiger partial charge on any atom is 0.472 e. The van der Waals surface area contributed by atoms with Crippen LogP contribution in [-0.4, -0.2) is 96.7 Å². The molecule has 0 radical (unpaired) electrons. The third-order valence-electron chi connectivity index (χ3n) is 19.2. The molecule has 0 aliphatic rings. The zero-order valence-electron chi connectivity index (χ0n) is 66.4. The van der Waals surface area contributed by atoms with Crippen LogP contribution in [0.5, 0.6) is 0 Å². The van der Waals surface area contributed by atoms with Crippen LogP contribution in [0.3, 0.4) is 0 Å². The number of rotatable bonds is 80. The molecule has 0 aromatic rings. The molecule has 0 heterocycles. The number of phosphoric acid groups is 2. The Morgan fingerprint density at radius 3 is 0.882 bits per heavy atom. The Morgan fingerprint density at radius 1 is 0.324 bits per heavy atom. The summed E-state index contributed by atoms with van der Waals surface area (Å²) in [5.41, 5.74) is 0. The van der Waals surface area contributed by atoms with Gasteiger partial charge in [-0.15, -0.1) is 0 Å². The van der Waals surface area contributed by atoms with Crippen molar-refractivity contribution >= 4 is 39.5 Å². The average molecular weight is 1490 g/mol. The first kappa shape index (κ1) is 99.5. The number of phosphoric ester groups is 2. The molecule has 0 aromatic carbocycles. The minimum Gasteiger partial charge on any atom is -0.462 e. The SMILES string of the molecule is CCCCCC/C=C\C=C/CCCCCCCC(=O)O[C@H](COC(=O)CCCCCCCCCCCC)COP(=O)(O)OC[C@H](O)COP(=O)(O)OC[C@@H](COC(=O)CCCCCCCCCCCCCCCCC(C)CC)OC(=O)CCCCCCCCCCCCCCCCCCC(C)C. The number of ether oxygens (including phenoxy) is 4. The Morgan fingerprint density at radius 2 is 0.578 bits per heavy atom. The number of carbonyl (C=O) groups excluding carboxylic acids is 4. The second-order valence-electron chi connectivity index (χ2n) is 29.9. The van der Waals surface area contributed by atoms with Crippen LogP contribution < -0.4 is 0 Å². The van der Waals surface area contributed by atoms with Gasteiger partial charge in [-0.2, -0.15) is 0 Å². The molecule has 0 rings (SSSR count). The summed E-state index contributed by atoms with van der Waals surface area (Å²) >= 11 is 0. The minimum absolute atomic E-state index is 0.0853. The van der Waals surface area contributed by atoms with E-state index in [2.05, 4.69) is 65.8 Å². The first-order valence-electron chi connectivity index (χ1n) is 42.3. The fraction of sp³-hybridized carbons (Fsp3) is 0.904. The summed E-state index contributed by atoms with van der Waals surface area (Å²) < 4.78 is 68.7. The summed E-state index contributed by atoms with van der Waals surface area (Å²) in [4.78, 5) is 73.1. The lowest BCUT2D eigenvalue weighted by molar-refractivity contribution is -0.161. The number of aliphatic hydroxyl groups excluding tert-OH is 1. The predicted octanol–water partition coefficient (Wildman–Crippen LogP) is 24.6. The third-order valence-corrected chi connectivity index (χ3v) is 21.1. The van der Waals surface area contributed by atoms with Gasteiger partial charge in [0.15, 0.2) is 12.2 Å². The lowest BCUT2D eigenvalue weighted by Gasteiger charge is -2.21. The molecule has 19 heteroatoms. The van der Waals surface area contributed by atoms with Crippen molar-refractivity contribution < 1.29 is 80.2 Å². The largest absolute Gasteiger partial charge is 0.472 e. The molecule has 0 saturated carbocycles. The number of hydrogen-bond donors (Lipinski definition) is 3. The number of carbonyl (C=O) groups is 4. The minimum atomic E-state index is -4.97. The lowest BCUT2D eigenvalue weighted by atomic mass is 9.99. The molecule has 0 fully saturated rings. The van der Waals surface area contributed by atoms with E-state index in [4.69, 9.17) is 37.0 Å². The molecule has 17 nitrogen and oxygen atoms in total. The van der Waals surface area contributed by atoms with Crippen molar-refractivity contribution in [1.82, 2.24) is 0 Å². The van der Waals surface area contributed by atoms with E-state index in [1.54, 1.807) is 0 Å². The van der Waals surface area contributed by atoms with Gasteiger partial charge in [0.2, 0.25) is 0 Å². The highest BCUT2D eigenvalue weighted by Crippen LogP contribution is 2.45. The Kier molecular flexibility index (Phi) is 72.2. The van der Waals surface area contributed by atoms with Gasteiger partial charge in [0.05, 0.1) is 26.4 Å². The molecule has 0 aromatic heterocycles. The van der Waals surface area contributed by atoms with E-state index in [1.807, 2.05) is 0 Å². The van der Waals surface area contributed by atoms with Crippen LogP contribution in [0.15, 0.2) is 24.3 Å². The van der Waals surface area contributed by atoms with Gasteiger partial charge >= 0.3 is 39.5 Å². The number of aliphatic hydroxyl groups is 1. The van der Waals surface area contributed by atoms with Gasteiger partial charge in [0.1, 0.15) is 19.3 Å². The predicted molar refractivity (Wildman–Crippen MR) is 418 cm³/mol. The van der Waals surface area contributed by atoms with Gasteiger partial charge < -0.3 is 33.8 Å². The number of esters is 4. The summed E-state index contributed by atoms with van der Waals surface area (Å²) in [5.74, 6) is -0.480. The van der Waals surface area contributed by atoms with Gasteiger partial charge in [-0.05, 0) is 63.2 Å². The lowest BCUT2D eigenvalue weighted by Crippen LogP contribution is -2.30. The molecular formula is C83H158O17P2. The first-order valence-corrected chi connectivity index (χ1v) is 45.3. The molecule has 602 valence electrons. The zero-order valence-corrected chi connectivity index (χ0v) is 68.2. The van der Waals surface area contributed by atoms with Crippen LogP contribution >= 0.6 is 15.6 Å². The summed E-state index contributed by atoms with van der Waals surface area (Å²) in [5, 5.41) is 10.6. The van der Waals surface area contributed by atoms with E-state index in [1.165, 1.54) is 218 Å². The second-order valence-corrected chi connectivity index (χ2v) is 32.8. The van der Waals surface area contributed by atoms with Gasteiger partial charge in [-0.1, -0.05) is 361 Å². The Balaban J connectivity index is 5.27. The maximum absolute atomic E-state index is 13.1. The van der Waals surface area contributed by atoms with E-state index >= 15 is 0 Å². The summed E-state index contributed by atoms with van der Waals surface area (Å²) in [6.45, 7) is 9.66. The molecule has 6 atom stereocenters. The summed E-state index contributed by atoms with van der Waals surface area (Å²) in [6, 6.07) is 0. The van der Waals surface area contributed by atoms with E-state index < -0.39 is 97.5 Å². The van der Waals surface area contributed by atoms with Crippen molar-refractivity contribution in [3.63, 3.8) is 0 Å². The van der Waals surface area contributed by atoms with Crippen molar-refractivity contribution in [3.05, 3.63) is 24.3 Å². The fourth-order valence-electron chi connectivity index (χ4n) is 12.3. The summed E-state index contributed by atoms with van der Waals surface area (Å²) in [6.07, 6.45) is 67.3. The first-order chi connectivity index (χ1) is 49.4. The van der Waals surface area contributed by atoms with Crippen molar-refractivity contribution in [3.8, 4) is 0 Å². The third kappa shape index (κ3) is 74.4. The highest BCUT2D eigenvalue weighted by molar-refractivity contribution is 7.47.